The van der Waals surface area contributed by atoms with Gasteiger partial charge in [0.15, 0.2) is 0 Å². The molecule has 0 saturated carbocycles. The van der Waals surface area contributed by atoms with Crippen molar-refractivity contribution >= 4 is 16.9 Å². The molecule has 0 amide bonds. The van der Waals surface area contributed by atoms with Crippen molar-refractivity contribution in [2.75, 3.05) is 12.3 Å². The third kappa shape index (κ3) is 2.77. The Balaban J connectivity index is 1.84. The number of hydrogen-bond donors (Lipinski definition) is 2. The van der Waals surface area contributed by atoms with Crippen LogP contribution in [0.1, 0.15) is 31.6 Å². The lowest BCUT2D eigenvalue weighted by molar-refractivity contribution is -0.0204. The molecular weight excluding hydrogens is 316 g/mol. The zero-order valence-electron chi connectivity index (χ0n) is 14.2. The van der Waals surface area contributed by atoms with Gasteiger partial charge in [0, 0.05) is 11.8 Å². The molecule has 1 aliphatic rings. The normalized spacial score (nSPS) is 20.4. The largest absolute Gasteiger partial charge is 0.394 e. The van der Waals surface area contributed by atoms with Crippen molar-refractivity contribution in [1.29, 1.82) is 0 Å². The van der Waals surface area contributed by atoms with Crippen LogP contribution in [-0.4, -0.2) is 32.4 Å². The van der Waals surface area contributed by atoms with Crippen LogP contribution in [0.25, 0.3) is 22.2 Å². The van der Waals surface area contributed by atoms with E-state index in [-0.39, 0.29) is 18.9 Å². The third-order valence-corrected chi connectivity index (χ3v) is 4.91. The summed E-state index contributed by atoms with van der Waals surface area (Å²) in [7, 11) is 0. The number of aromatic nitrogens is 3. The molecule has 0 spiro atoms. The van der Waals surface area contributed by atoms with Crippen molar-refractivity contribution in [2.45, 2.75) is 38.5 Å². The van der Waals surface area contributed by atoms with Crippen LogP contribution in [0.4, 0.5) is 5.82 Å². The van der Waals surface area contributed by atoms with Crippen LogP contribution >= 0.6 is 0 Å². The summed E-state index contributed by atoms with van der Waals surface area (Å²) in [5.74, 6) is 0.468. The Morgan fingerprint density at radius 3 is 2.72 bits per heavy atom. The van der Waals surface area contributed by atoms with Crippen molar-refractivity contribution in [2.24, 2.45) is 0 Å². The van der Waals surface area contributed by atoms with Gasteiger partial charge in [0.05, 0.1) is 18.1 Å². The molecule has 0 radical (unpaired) electrons. The number of fused-ring (bicyclic) bond motifs is 1. The summed E-state index contributed by atoms with van der Waals surface area (Å²) in [4.78, 5) is 8.62. The highest BCUT2D eigenvalue weighted by molar-refractivity contribution is 6.00. The second-order valence-electron chi connectivity index (χ2n) is 6.43. The maximum absolute atomic E-state index is 9.34. The molecule has 4 rings (SSSR count). The molecule has 3 aromatic rings. The zero-order valence-corrected chi connectivity index (χ0v) is 14.2. The van der Waals surface area contributed by atoms with Gasteiger partial charge in [-0.15, -0.1) is 0 Å². The lowest BCUT2D eigenvalue weighted by Crippen LogP contribution is -2.14. The number of anilines is 1. The van der Waals surface area contributed by atoms with E-state index in [0.717, 1.165) is 41.4 Å². The molecule has 2 aromatic heterocycles. The van der Waals surface area contributed by atoms with E-state index in [9.17, 15) is 5.11 Å². The first-order valence-electron chi connectivity index (χ1n) is 8.68. The number of rotatable bonds is 4. The number of aryl methyl sites for hydroxylation is 1. The molecule has 1 aromatic carbocycles. The average molecular weight is 338 g/mol. The average Bonchev–Trinajstić information content (AvgIpc) is 3.27. The molecule has 1 saturated heterocycles. The quantitative estimate of drug-likeness (QED) is 0.764. The minimum atomic E-state index is -0.141. The van der Waals surface area contributed by atoms with Crippen molar-refractivity contribution in [1.82, 2.24) is 14.5 Å². The first-order valence-corrected chi connectivity index (χ1v) is 8.68. The highest BCUT2D eigenvalue weighted by Crippen LogP contribution is 2.37. The Morgan fingerprint density at radius 1 is 1.24 bits per heavy atom. The van der Waals surface area contributed by atoms with Gasteiger partial charge < -0.3 is 20.1 Å². The smallest absolute Gasteiger partial charge is 0.148 e. The van der Waals surface area contributed by atoms with E-state index >= 15 is 0 Å². The van der Waals surface area contributed by atoms with Crippen molar-refractivity contribution < 1.29 is 9.84 Å². The van der Waals surface area contributed by atoms with Crippen LogP contribution in [0, 0.1) is 0 Å². The van der Waals surface area contributed by atoms with E-state index in [1.165, 1.54) is 11.9 Å². The second kappa shape index (κ2) is 6.46. The van der Waals surface area contributed by atoms with E-state index in [1.807, 2.05) is 10.8 Å². The van der Waals surface area contributed by atoms with Gasteiger partial charge in [-0.25, -0.2) is 9.97 Å². The van der Waals surface area contributed by atoms with E-state index in [4.69, 9.17) is 10.5 Å². The van der Waals surface area contributed by atoms with Gasteiger partial charge >= 0.3 is 0 Å². The monoisotopic (exact) mass is 338 g/mol. The Hall–Kier alpha value is -2.44. The number of ether oxygens (including phenoxy) is 1. The van der Waals surface area contributed by atoms with Gasteiger partial charge in [-0.05, 0) is 30.4 Å². The number of benzene rings is 1. The molecule has 0 bridgehead atoms. The molecule has 0 aliphatic carbocycles. The Labute approximate surface area is 146 Å². The number of aliphatic hydroxyl groups is 1. The molecule has 6 heteroatoms. The van der Waals surface area contributed by atoms with Gasteiger partial charge in [0.1, 0.15) is 24.0 Å². The van der Waals surface area contributed by atoms with Crippen molar-refractivity contribution in [3.8, 4) is 11.1 Å². The van der Waals surface area contributed by atoms with Crippen LogP contribution in [0.3, 0.4) is 0 Å². The van der Waals surface area contributed by atoms with Gasteiger partial charge in [0.25, 0.3) is 0 Å². The molecule has 130 valence electrons. The van der Waals surface area contributed by atoms with E-state index < -0.39 is 0 Å². The highest BCUT2D eigenvalue weighted by Gasteiger charge is 2.28. The summed E-state index contributed by atoms with van der Waals surface area (Å²) in [5, 5.41) is 10.2. The number of aliphatic hydroxyl groups excluding tert-OH is 1. The topological polar surface area (TPSA) is 86.2 Å². The molecule has 2 unspecified atom stereocenters. The van der Waals surface area contributed by atoms with Gasteiger partial charge in [-0.3, -0.25) is 0 Å². The lowest BCUT2D eigenvalue weighted by atomic mass is 10.0. The molecule has 1 aliphatic heterocycles. The summed E-state index contributed by atoms with van der Waals surface area (Å²) >= 11 is 0. The fourth-order valence-corrected chi connectivity index (χ4v) is 3.49. The molecular formula is C19H22N4O2. The summed E-state index contributed by atoms with van der Waals surface area (Å²) in [6.07, 6.45) is 5.95. The third-order valence-electron chi connectivity index (χ3n) is 4.91. The fourth-order valence-electron chi connectivity index (χ4n) is 3.49. The van der Waals surface area contributed by atoms with E-state index in [1.54, 1.807) is 0 Å². The van der Waals surface area contributed by atoms with Gasteiger partial charge in [-0.1, -0.05) is 31.2 Å². The molecule has 1 fully saturated rings. The van der Waals surface area contributed by atoms with Crippen molar-refractivity contribution in [3.63, 3.8) is 0 Å². The van der Waals surface area contributed by atoms with Crippen LogP contribution in [-0.2, 0) is 11.2 Å². The predicted molar refractivity (Wildman–Crippen MR) is 97.0 cm³/mol. The van der Waals surface area contributed by atoms with E-state index in [2.05, 4.69) is 41.2 Å². The first kappa shape index (κ1) is 16.1. The van der Waals surface area contributed by atoms with Crippen LogP contribution < -0.4 is 5.73 Å². The molecule has 3 N–H and O–H groups in total. The SMILES string of the molecule is CCc1ccc(-c2cn(C3CCC(CO)O3)c3ncnc(N)c23)cc1. The van der Waals surface area contributed by atoms with Gasteiger partial charge in [-0.2, -0.15) is 0 Å². The minimum Gasteiger partial charge on any atom is -0.394 e. The summed E-state index contributed by atoms with van der Waals surface area (Å²) in [6, 6.07) is 8.48. The molecule has 2 atom stereocenters. The lowest BCUT2D eigenvalue weighted by Gasteiger charge is -2.14. The highest BCUT2D eigenvalue weighted by atomic mass is 16.5. The van der Waals surface area contributed by atoms with E-state index in [0.29, 0.717) is 5.82 Å². The summed E-state index contributed by atoms with van der Waals surface area (Å²) < 4.78 is 7.96. The second-order valence-corrected chi connectivity index (χ2v) is 6.43. The molecule has 3 heterocycles. The maximum Gasteiger partial charge on any atom is 0.148 e. The van der Waals surface area contributed by atoms with Crippen LogP contribution in [0.2, 0.25) is 0 Å². The fraction of sp³-hybridized carbons (Fsp3) is 0.368. The first-order chi connectivity index (χ1) is 12.2. The maximum atomic E-state index is 9.34. The zero-order chi connectivity index (χ0) is 17.4. The Kier molecular flexibility index (Phi) is 4.15. The predicted octanol–water partition coefficient (Wildman–Crippen LogP) is 2.91. The van der Waals surface area contributed by atoms with Crippen LogP contribution in [0.15, 0.2) is 36.8 Å². The number of nitrogens with zero attached hydrogens (tertiary/aromatic N) is 3. The number of nitrogens with two attached hydrogens (primary N) is 1. The Morgan fingerprint density at radius 2 is 2.04 bits per heavy atom. The summed E-state index contributed by atoms with van der Waals surface area (Å²) in [6.45, 7) is 2.18. The summed E-state index contributed by atoms with van der Waals surface area (Å²) in [5.41, 5.74) is 10.3. The minimum absolute atomic E-state index is 0.0398. The standard InChI is InChI=1S/C19H22N4O2/c1-2-12-3-5-13(6-4-12)15-9-23(16-8-7-14(10-24)25-16)19-17(15)18(20)21-11-22-19/h3-6,9,11,14,16,24H,2,7-8,10H2,1H3,(H2,20,21,22). The van der Waals surface area contributed by atoms with Gasteiger partial charge in [0.2, 0.25) is 0 Å². The van der Waals surface area contributed by atoms with Crippen molar-refractivity contribution in [3.05, 3.63) is 42.4 Å². The Bertz CT molecular complexity index is 888. The molecule has 25 heavy (non-hydrogen) atoms. The number of nitrogen functional groups attached to an aromatic ring is 1. The van der Waals surface area contributed by atoms with Crippen LogP contribution in [0.5, 0.6) is 0 Å². The number of hydrogen-bond acceptors (Lipinski definition) is 5. The molecule has 6 nitrogen and oxygen atoms in total.